The first-order valence-corrected chi connectivity index (χ1v) is 14.4. The van der Waals surface area contributed by atoms with Crippen LogP contribution in [0.15, 0.2) is 42.5 Å². The molecule has 0 saturated carbocycles. The summed E-state index contributed by atoms with van der Waals surface area (Å²) < 4.78 is 71.1. The Morgan fingerprint density at radius 3 is 2.53 bits per heavy atom. The molecule has 5 heterocycles. The highest BCUT2D eigenvalue weighted by molar-refractivity contribution is 5.90. The molecular formula is C31H31F2N3O9. The number of aromatic nitrogens is 2. The van der Waals surface area contributed by atoms with Gasteiger partial charge in [0.2, 0.25) is 11.8 Å². The third kappa shape index (κ3) is 5.52. The molecule has 3 aromatic rings. The average molecular weight is 628 g/mol. The minimum Gasteiger partial charge on any atom is -0.497 e. The summed E-state index contributed by atoms with van der Waals surface area (Å²) in [5.74, 6) is 0.352. The van der Waals surface area contributed by atoms with Crippen LogP contribution < -0.4 is 33.7 Å². The number of carbonyl (C=O) groups excluding carboxylic acids is 1. The summed E-state index contributed by atoms with van der Waals surface area (Å²) >= 11 is 0. The van der Waals surface area contributed by atoms with Crippen LogP contribution in [0.2, 0.25) is 0 Å². The number of nitrogens with one attached hydrogen (secondary N) is 1. The van der Waals surface area contributed by atoms with Gasteiger partial charge in [-0.3, -0.25) is 4.79 Å². The zero-order chi connectivity index (χ0) is 31.6. The van der Waals surface area contributed by atoms with Crippen LogP contribution in [0.5, 0.6) is 34.6 Å². The molecule has 14 heteroatoms. The molecule has 4 aliphatic heterocycles. The Morgan fingerprint density at radius 2 is 1.82 bits per heavy atom. The van der Waals surface area contributed by atoms with Crippen molar-refractivity contribution in [1.82, 2.24) is 15.5 Å². The molecule has 238 valence electrons. The van der Waals surface area contributed by atoms with Gasteiger partial charge in [0.15, 0.2) is 17.3 Å². The normalized spacial score (nSPS) is 26.7. The third-order valence-corrected chi connectivity index (χ3v) is 8.21. The van der Waals surface area contributed by atoms with E-state index in [9.17, 15) is 13.6 Å². The highest BCUT2D eigenvalue weighted by Crippen LogP contribution is 2.50. The molecule has 0 radical (unpaired) electrons. The van der Waals surface area contributed by atoms with Crippen molar-refractivity contribution in [2.24, 2.45) is 0 Å². The lowest BCUT2D eigenvalue weighted by Gasteiger charge is -2.34. The number of amides is 1. The number of fused-ring (bicyclic) bond motifs is 3. The number of nitrogens with zero attached hydrogens (tertiary/aromatic N) is 2. The monoisotopic (exact) mass is 627 g/mol. The highest BCUT2D eigenvalue weighted by atomic mass is 19.3. The van der Waals surface area contributed by atoms with Gasteiger partial charge in [-0.2, -0.15) is 0 Å². The fraction of sp³-hybridized carbons (Fsp3) is 0.452. The zero-order valence-corrected chi connectivity index (χ0v) is 24.9. The van der Waals surface area contributed by atoms with Crippen LogP contribution in [0.4, 0.5) is 8.78 Å². The molecule has 1 amide bonds. The minimum absolute atomic E-state index is 0.00196. The van der Waals surface area contributed by atoms with Gasteiger partial charge in [-0.25, -0.2) is 0 Å². The smallest absolute Gasteiger partial charge is 0.497 e. The summed E-state index contributed by atoms with van der Waals surface area (Å²) in [5, 5.41) is 11.7. The van der Waals surface area contributed by atoms with Crippen LogP contribution >= 0.6 is 0 Å². The van der Waals surface area contributed by atoms with E-state index in [2.05, 4.69) is 25.0 Å². The maximum atomic E-state index is 13.9. The maximum absolute atomic E-state index is 13.9. The van der Waals surface area contributed by atoms with Gasteiger partial charge in [0.05, 0.1) is 19.8 Å². The van der Waals surface area contributed by atoms with Crippen LogP contribution in [-0.4, -0.2) is 61.2 Å². The van der Waals surface area contributed by atoms with E-state index < -0.39 is 29.6 Å². The fourth-order valence-corrected chi connectivity index (χ4v) is 5.83. The molecule has 2 aromatic carbocycles. The molecule has 1 fully saturated rings. The molecule has 1 saturated heterocycles. The van der Waals surface area contributed by atoms with Crippen LogP contribution in [0.3, 0.4) is 0 Å². The van der Waals surface area contributed by atoms with E-state index >= 15 is 0 Å². The average Bonchev–Trinajstić information content (AvgIpc) is 3.64. The molecule has 4 aliphatic rings. The molecule has 7 rings (SSSR count). The van der Waals surface area contributed by atoms with Crippen LogP contribution in [0, 0.1) is 0 Å². The van der Waals surface area contributed by atoms with Crippen LogP contribution in [0.25, 0.3) is 0 Å². The number of hydrogen-bond acceptors (Lipinski definition) is 11. The van der Waals surface area contributed by atoms with Crippen LogP contribution in [0.1, 0.15) is 56.2 Å². The Kier molecular flexibility index (Phi) is 6.89. The van der Waals surface area contributed by atoms with Crippen molar-refractivity contribution in [3.8, 4) is 34.6 Å². The van der Waals surface area contributed by atoms with Gasteiger partial charge in [0.1, 0.15) is 53.8 Å². The molecular weight excluding hydrogens is 596 g/mol. The van der Waals surface area contributed by atoms with E-state index in [1.54, 1.807) is 38.3 Å². The van der Waals surface area contributed by atoms with Gasteiger partial charge in [-0.15, -0.1) is 19.0 Å². The number of ether oxygens (including phenoxy) is 8. The van der Waals surface area contributed by atoms with Gasteiger partial charge in [-0.05, 0) is 45.0 Å². The molecule has 0 spiro atoms. The maximum Gasteiger partial charge on any atom is 0.586 e. The molecule has 1 N–H and O–H groups in total. The molecule has 45 heavy (non-hydrogen) atoms. The fourth-order valence-electron chi connectivity index (χ4n) is 5.83. The Labute approximate surface area is 256 Å². The molecule has 1 aromatic heterocycles. The van der Waals surface area contributed by atoms with E-state index in [1.165, 1.54) is 12.1 Å². The molecule has 4 atom stereocenters. The topological polar surface area (TPSA) is 129 Å². The van der Waals surface area contributed by atoms with Crippen molar-refractivity contribution in [2.75, 3.05) is 26.9 Å². The van der Waals surface area contributed by atoms with Crippen molar-refractivity contribution >= 4 is 5.91 Å². The van der Waals surface area contributed by atoms with Gasteiger partial charge >= 0.3 is 6.29 Å². The number of carbonyl (C=O) groups is 1. The Balaban J connectivity index is 1.10. The largest absolute Gasteiger partial charge is 0.586 e. The zero-order valence-electron chi connectivity index (χ0n) is 24.9. The first kappa shape index (κ1) is 29.3. The van der Waals surface area contributed by atoms with E-state index in [1.807, 2.05) is 19.9 Å². The third-order valence-electron chi connectivity index (χ3n) is 8.21. The van der Waals surface area contributed by atoms with Crippen molar-refractivity contribution in [1.29, 1.82) is 0 Å². The summed E-state index contributed by atoms with van der Waals surface area (Å²) in [6.45, 7) is 6.05. The first-order chi connectivity index (χ1) is 21.4. The van der Waals surface area contributed by atoms with E-state index in [0.29, 0.717) is 41.7 Å². The predicted octanol–water partition coefficient (Wildman–Crippen LogP) is 4.37. The highest BCUT2D eigenvalue weighted by Gasteiger charge is 2.49. The van der Waals surface area contributed by atoms with Crippen LogP contribution in [-0.2, 0) is 19.7 Å². The Bertz CT molecular complexity index is 1640. The van der Waals surface area contributed by atoms with Gasteiger partial charge in [0.25, 0.3) is 0 Å². The molecule has 0 bridgehead atoms. The summed E-state index contributed by atoms with van der Waals surface area (Å²) in [5.41, 5.74) is 0.487. The summed E-state index contributed by atoms with van der Waals surface area (Å²) in [7, 11) is 1.55. The van der Waals surface area contributed by atoms with Gasteiger partial charge < -0.3 is 43.2 Å². The van der Waals surface area contributed by atoms with E-state index in [4.69, 9.17) is 28.4 Å². The summed E-state index contributed by atoms with van der Waals surface area (Å²) in [6, 6.07) is 11.0. The number of methoxy groups -OCH3 is 1. The van der Waals surface area contributed by atoms with Gasteiger partial charge in [0, 0.05) is 35.7 Å². The molecule has 0 aliphatic carbocycles. The molecule has 0 unspecified atom stereocenters. The first-order valence-electron chi connectivity index (χ1n) is 14.4. The number of benzene rings is 2. The minimum atomic E-state index is -3.79. The molecule has 12 nitrogen and oxygen atoms in total. The van der Waals surface area contributed by atoms with E-state index in [-0.39, 0.29) is 42.5 Å². The summed E-state index contributed by atoms with van der Waals surface area (Å²) in [6.07, 6.45) is -4.25. The predicted molar refractivity (Wildman–Crippen MR) is 150 cm³/mol. The quantitative estimate of drug-likeness (QED) is 0.401. The second-order valence-corrected chi connectivity index (χ2v) is 11.9. The van der Waals surface area contributed by atoms with Crippen molar-refractivity contribution in [2.45, 2.75) is 62.9 Å². The van der Waals surface area contributed by atoms with Gasteiger partial charge in [-0.1, -0.05) is 0 Å². The number of alkyl halides is 2. The standard InChI is InChI=1S/C31H31F2N3O9/c1-29(2)41-14-17(43-29)13-39-27-8-7-20(35-36-27)24-11-21(18-6-5-16(38-4)9-22(18)42-24)34-28(37)30(3)15-40-23-12-26-25(10-19(23)30)44-31(32,33)45-26/h5-10,12,17,21,24H,11,13-15H2,1-4H3,(H,34,37)/t17-,21-,24+,30+/m1/s1. The SMILES string of the molecule is COc1ccc2c(c1)O[C@H](c1ccc(OC[C@@H]3COC(C)(C)O3)nn1)C[C@H]2NC(=O)[C@@]1(C)COc2cc3c(cc21)OC(F)(F)O3. The number of rotatable bonds is 7. The number of hydrogen-bond donors (Lipinski definition) is 1. The number of halogens is 2. The lowest BCUT2D eigenvalue weighted by atomic mass is 9.82. The summed E-state index contributed by atoms with van der Waals surface area (Å²) in [4.78, 5) is 13.9. The van der Waals surface area contributed by atoms with Crippen molar-refractivity contribution < 1.29 is 51.5 Å². The van der Waals surface area contributed by atoms with Crippen molar-refractivity contribution in [3.05, 3.63) is 59.3 Å². The van der Waals surface area contributed by atoms with Crippen molar-refractivity contribution in [3.63, 3.8) is 0 Å². The second-order valence-electron chi connectivity index (χ2n) is 11.9. The lowest BCUT2D eigenvalue weighted by Crippen LogP contribution is -2.46. The second kappa shape index (κ2) is 10.6. The Morgan fingerprint density at radius 1 is 1.02 bits per heavy atom. The van der Waals surface area contributed by atoms with E-state index in [0.717, 1.165) is 5.56 Å². The lowest BCUT2D eigenvalue weighted by molar-refractivity contribution is -0.286. The Hall–Kier alpha value is -4.43.